The van der Waals surface area contributed by atoms with E-state index >= 15 is 0 Å². The molecule has 1 aromatic heterocycles. The molecule has 1 heterocycles. The highest BCUT2D eigenvalue weighted by molar-refractivity contribution is 8.00. The molecule has 1 amide bonds. The highest BCUT2D eigenvalue weighted by Crippen LogP contribution is 2.30. The first kappa shape index (κ1) is 24.7. The minimum Gasteiger partial charge on any atom is -0.325 e. The van der Waals surface area contributed by atoms with Crippen molar-refractivity contribution >= 4 is 58.3 Å². The molecule has 2 aromatic carbocycles. The van der Waals surface area contributed by atoms with Crippen LogP contribution in [0.25, 0.3) is 0 Å². The lowest BCUT2D eigenvalue weighted by Crippen LogP contribution is -2.25. The van der Waals surface area contributed by atoms with Crippen molar-refractivity contribution in [1.82, 2.24) is 14.8 Å². The molecule has 5 nitrogen and oxygen atoms in total. The Hall–Kier alpha value is -1.93. The van der Waals surface area contributed by atoms with Crippen LogP contribution in [0.15, 0.2) is 65.2 Å². The standard InChI is InChI=1S/C23H24Cl2N4OS2/c1-4-12-29-21(14-31-17-9-6-15(3)7-10-17)27-28-23(29)32-20(5-2)22(30)26-16-8-11-18(24)19(25)13-16/h4,6-11,13,20H,1,5,12,14H2,2-3H3,(H,26,30). The molecular formula is C23H24Cl2N4OS2. The third-order valence-electron chi connectivity index (χ3n) is 4.59. The van der Waals surface area contributed by atoms with E-state index in [-0.39, 0.29) is 11.2 Å². The van der Waals surface area contributed by atoms with Gasteiger partial charge in [-0.15, -0.1) is 28.5 Å². The summed E-state index contributed by atoms with van der Waals surface area (Å²) in [5.41, 5.74) is 1.83. The van der Waals surface area contributed by atoms with Crippen molar-refractivity contribution in [3.05, 3.63) is 76.6 Å². The van der Waals surface area contributed by atoms with Crippen molar-refractivity contribution in [3.8, 4) is 0 Å². The minimum atomic E-state index is -0.338. The Balaban J connectivity index is 1.70. The van der Waals surface area contributed by atoms with Crippen molar-refractivity contribution in [2.24, 2.45) is 0 Å². The molecule has 1 N–H and O–H groups in total. The van der Waals surface area contributed by atoms with Crippen LogP contribution in [-0.4, -0.2) is 25.9 Å². The quantitative estimate of drug-likeness (QED) is 0.239. The van der Waals surface area contributed by atoms with Gasteiger partial charge in [0, 0.05) is 17.1 Å². The summed E-state index contributed by atoms with van der Waals surface area (Å²) in [6, 6.07) is 13.4. The second-order valence-corrected chi connectivity index (χ2v) is 10.1. The molecule has 1 unspecified atom stereocenters. The van der Waals surface area contributed by atoms with E-state index in [0.29, 0.717) is 39.6 Å². The molecule has 0 radical (unpaired) electrons. The van der Waals surface area contributed by atoms with Gasteiger partial charge in [0.2, 0.25) is 5.91 Å². The monoisotopic (exact) mass is 506 g/mol. The summed E-state index contributed by atoms with van der Waals surface area (Å²) < 4.78 is 2.01. The predicted octanol–water partition coefficient (Wildman–Crippen LogP) is 6.88. The van der Waals surface area contributed by atoms with Crippen molar-refractivity contribution in [3.63, 3.8) is 0 Å². The Bertz CT molecular complexity index is 1090. The van der Waals surface area contributed by atoms with E-state index in [1.807, 2.05) is 17.6 Å². The zero-order valence-electron chi connectivity index (χ0n) is 17.8. The number of thioether (sulfide) groups is 2. The number of anilines is 1. The molecule has 0 saturated heterocycles. The molecule has 0 saturated carbocycles. The maximum atomic E-state index is 12.9. The molecule has 0 fully saturated rings. The summed E-state index contributed by atoms with van der Waals surface area (Å²) in [6.45, 7) is 8.47. The third-order valence-corrected chi connectivity index (χ3v) is 7.68. The molecule has 0 aliphatic carbocycles. The summed E-state index contributed by atoms with van der Waals surface area (Å²) in [7, 11) is 0. The number of nitrogens with zero attached hydrogens (tertiary/aromatic N) is 3. The van der Waals surface area contributed by atoms with E-state index in [0.717, 1.165) is 5.82 Å². The second-order valence-electron chi connectivity index (χ2n) is 7.03. The van der Waals surface area contributed by atoms with E-state index in [9.17, 15) is 4.79 Å². The smallest absolute Gasteiger partial charge is 0.237 e. The minimum absolute atomic E-state index is 0.125. The molecule has 3 aromatic rings. The number of carbonyl (C=O) groups excluding carboxylic acids is 1. The van der Waals surface area contributed by atoms with Gasteiger partial charge in [-0.2, -0.15) is 0 Å². The van der Waals surface area contributed by atoms with Gasteiger partial charge in [-0.25, -0.2) is 0 Å². The number of hydrogen-bond acceptors (Lipinski definition) is 5. The molecule has 168 valence electrons. The van der Waals surface area contributed by atoms with Gasteiger partial charge >= 0.3 is 0 Å². The molecule has 1 atom stereocenters. The van der Waals surface area contributed by atoms with Crippen molar-refractivity contribution in [1.29, 1.82) is 0 Å². The summed E-state index contributed by atoms with van der Waals surface area (Å²) in [4.78, 5) is 14.0. The first-order valence-electron chi connectivity index (χ1n) is 10.1. The average molecular weight is 508 g/mol. The summed E-state index contributed by atoms with van der Waals surface area (Å²) in [5.74, 6) is 1.40. The number of rotatable bonds is 10. The number of benzene rings is 2. The molecule has 9 heteroatoms. The zero-order valence-corrected chi connectivity index (χ0v) is 21.0. The van der Waals surface area contributed by atoms with Crippen LogP contribution in [0, 0.1) is 6.92 Å². The summed E-state index contributed by atoms with van der Waals surface area (Å²) in [6.07, 6.45) is 2.44. The average Bonchev–Trinajstić information content (AvgIpc) is 3.15. The molecular weight excluding hydrogens is 483 g/mol. The maximum absolute atomic E-state index is 12.9. The first-order valence-corrected chi connectivity index (χ1v) is 12.7. The van der Waals surface area contributed by atoms with E-state index in [1.165, 1.54) is 22.2 Å². The third kappa shape index (κ3) is 6.54. The molecule has 0 aliphatic heterocycles. The van der Waals surface area contributed by atoms with Crippen LogP contribution in [0.4, 0.5) is 5.69 Å². The molecule has 0 aliphatic rings. The van der Waals surface area contributed by atoms with Gasteiger partial charge in [0.15, 0.2) is 5.16 Å². The highest BCUT2D eigenvalue weighted by atomic mass is 35.5. The van der Waals surface area contributed by atoms with Crippen molar-refractivity contribution < 1.29 is 4.79 Å². The van der Waals surface area contributed by atoms with Gasteiger partial charge < -0.3 is 9.88 Å². The van der Waals surface area contributed by atoms with Crippen molar-refractivity contribution in [2.45, 2.75) is 47.9 Å². The summed E-state index contributed by atoms with van der Waals surface area (Å²) >= 11 is 15.1. The lowest BCUT2D eigenvalue weighted by molar-refractivity contribution is -0.115. The number of carbonyl (C=O) groups is 1. The van der Waals surface area contributed by atoms with Crippen LogP contribution in [0.3, 0.4) is 0 Å². The number of nitrogens with one attached hydrogen (secondary N) is 1. The van der Waals surface area contributed by atoms with Crippen molar-refractivity contribution in [2.75, 3.05) is 5.32 Å². The Morgan fingerprint density at radius 1 is 1.19 bits per heavy atom. The Morgan fingerprint density at radius 2 is 1.94 bits per heavy atom. The lowest BCUT2D eigenvalue weighted by atomic mass is 10.2. The number of amides is 1. The molecule has 0 bridgehead atoms. The predicted molar refractivity (Wildman–Crippen MR) is 136 cm³/mol. The Kier molecular flexibility index (Phi) is 9.11. The molecule has 0 spiro atoms. The van der Waals surface area contributed by atoms with Gasteiger partial charge in [0.1, 0.15) is 5.82 Å². The lowest BCUT2D eigenvalue weighted by Gasteiger charge is -2.15. The summed E-state index contributed by atoms with van der Waals surface area (Å²) in [5, 5.41) is 12.8. The van der Waals surface area contributed by atoms with Crippen LogP contribution in [0.5, 0.6) is 0 Å². The largest absolute Gasteiger partial charge is 0.325 e. The van der Waals surface area contributed by atoms with Crippen LogP contribution in [-0.2, 0) is 17.1 Å². The van der Waals surface area contributed by atoms with Crippen LogP contribution in [0.2, 0.25) is 10.0 Å². The number of halogens is 2. The molecule has 3 rings (SSSR count). The SMILES string of the molecule is C=CCn1c(CSc2ccc(C)cc2)nnc1SC(CC)C(=O)Nc1ccc(Cl)c(Cl)c1. The number of aromatic nitrogens is 3. The molecule has 32 heavy (non-hydrogen) atoms. The van der Waals surface area contributed by atoms with Crippen LogP contribution in [0.1, 0.15) is 24.7 Å². The fourth-order valence-corrected chi connectivity index (χ4v) is 4.97. The Morgan fingerprint density at radius 3 is 2.59 bits per heavy atom. The Labute approximate surface area is 207 Å². The van der Waals surface area contributed by atoms with E-state index < -0.39 is 0 Å². The highest BCUT2D eigenvalue weighted by Gasteiger charge is 2.23. The zero-order chi connectivity index (χ0) is 23.1. The normalized spacial score (nSPS) is 11.9. The van der Waals surface area contributed by atoms with Gasteiger partial charge in [0.05, 0.1) is 21.0 Å². The fourth-order valence-electron chi connectivity index (χ4n) is 2.85. The van der Waals surface area contributed by atoms with E-state index in [4.69, 9.17) is 23.2 Å². The number of allylic oxidation sites excluding steroid dienone is 1. The number of aryl methyl sites for hydroxylation is 1. The fraction of sp³-hybridized carbons (Fsp3) is 0.261. The first-order chi connectivity index (χ1) is 15.4. The number of hydrogen-bond donors (Lipinski definition) is 1. The van der Waals surface area contributed by atoms with Gasteiger partial charge in [-0.1, -0.05) is 65.7 Å². The van der Waals surface area contributed by atoms with Gasteiger partial charge in [-0.05, 0) is 43.7 Å². The van der Waals surface area contributed by atoms with Gasteiger partial charge in [0.25, 0.3) is 0 Å². The van der Waals surface area contributed by atoms with Crippen LogP contribution < -0.4 is 5.32 Å². The van der Waals surface area contributed by atoms with E-state index in [1.54, 1.807) is 30.0 Å². The van der Waals surface area contributed by atoms with E-state index in [2.05, 4.69) is 53.3 Å². The maximum Gasteiger partial charge on any atom is 0.237 e. The topological polar surface area (TPSA) is 59.8 Å². The van der Waals surface area contributed by atoms with Gasteiger partial charge in [-0.3, -0.25) is 4.79 Å². The second kappa shape index (κ2) is 11.8. The van der Waals surface area contributed by atoms with Crippen LogP contribution >= 0.6 is 46.7 Å².